The number of hydrogen-bond donors (Lipinski definition) is 0. The van der Waals surface area contributed by atoms with Crippen molar-refractivity contribution in [2.45, 2.75) is 18.4 Å². The molecular weight excluding hydrogens is 498 g/mol. The second-order valence-corrected chi connectivity index (χ2v) is 11.0. The topological polar surface area (TPSA) is 90.2 Å². The van der Waals surface area contributed by atoms with E-state index in [1.807, 2.05) is 23.6 Å². The van der Waals surface area contributed by atoms with Crippen LogP contribution < -0.4 is 4.80 Å². The third-order valence-electron chi connectivity index (χ3n) is 5.91. The fraction of sp³-hybridized carbons (Fsp3) is 0.308. The van der Waals surface area contributed by atoms with Crippen LogP contribution in [-0.4, -0.2) is 63.7 Å². The van der Waals surface area contributed by atoms with Crippen LogP contribution in [-0.2, 0) is 26.0 Å². The number of rotatable bonds is 10. The molecule has 0 bridgehead atoms. The van der Waals surface area contributed by atoms with Crippen molar-refractivity contribution in [1.29, 1.82) is 0 Å². The van der Waals surface area contributed by atoms with Crippen molar-refractivity contribution in [3.8, 4) is 0 Å². The summed E-state index contributed by atoms with van der Waals surface area (Å²) in [4.78, 5) is 18.1. The Labute approximate surface area is 214 Å². The van der Waals surface area contributed by atoms with Gasteiger partial charge in [0.15, 0.2) is 4.80 Å². The molecule has 10 heteroatoms. The second-order valence-electron chi connectivity index (χ2n) is 8.09. The van der Waals surface area contributed by atoms with Gasteiger partial charge >= 0.3 is 0 Å². The first-order valence-corrected chi connectivity index (χ1v) is 13.8. The standard InChI is InChI=1S/C26H29N3O5S2/c1-4-29-24-22-8-6-5-7-19(22)11-14-23(24)35-26(29)27-25(30)20-9-12-21(13-10-20)36(31,32)28(15-17-33-2)16-18-34-3/h5-14H,4,15-18H2,1-3H3. The van der Waals surface area contributed by atoms with Crippen LogP contribution in [0.25, 0.3) is 21.0 Å². The van der Waals surface area contributed by atoms with Gasteiger partial charge in [0.05, 0.1) is 28.3 Å². The van der Waals surface area contributed by atoms with Crippen LogP contribution in [0.3, 0.4) is 0 Å². The van der Waals surface area contributed by atoms with Gasteiger partial charge in [0.2, 0.25) is 10.0 Å². The third kappa shape index (κ3) is 5.28. The molecule has 1 amide bonds. The summed E-state index contributed by atoms with van der Waals surface area (Å²) in [5.74, 6) is -0.423. The zero-order valence-corrected chi connectivity index (χ0v) is 22.1. The van der Waals surface area contributed by atoms with Gasteiger partial charge in [0.1, 0.15) is 0 Å². The SMILES string of the molecule is CCn1c(=NC(=O)c2ccc(S(=O)(=O)N(CCOC)CCOC)cc2)sc2ccc3ccccc3c21. The van der Waals surface area contributed by atoms with Crippen LogP contribution in [0.4, 0.5) is 0 Å². The molecule has 0 saturated carbocycles. The van der Waals surface area contributed by atoms with Crippen LogP contribution in [0.2, 0.25) is 0 Å². The first-order chi connectivity index (χ1) is 17.4. The molecule has 0 aliphatic rings. The number of thiazole rings is 1. The van der Waals surface area contributed by atoms with Crippen molar-refractivity contribution in [3.05, 3.63) is 71.0 Å². The lowest BCUT2D eigenvalue weighted by molar-refractivity contribution is 0.0997. The van der Waals surface area contributed by atoms with E-state index in [1.54, 1.807) is 0 Å². The quantitative estimate of drug-likeness (QED) is 0.312. The molecule has 1 heterocycles. The van der Waals surface area contributed by atoms with Crippen LogP contribution in [0.15, 0.2) is 70.6 Å². The minimum Gasteiger partial charge on any atom is -0.383 e. The van der Waals surface area contributed by atoms with Crippen molar-refractivity contribution in [2.24, 2.45) is 4.99 Å². The Kier molecular flexibility index (Phi) is 8.32. The maximum atomic E-state index is 13.1. The number of nitrogens with zero attached hydrogens (tertiary/aromatic N) is 3. The van der Waals surface area contributed by atoms with Gasteiger partial charge in [-0.1, -0.05) is 41.7 Å². The van der Waals surface area contributed by atoms with Crippen LogP contribution in [0.1, 0.15) is 17.3 Å². The van der Waals surface area contributed by atoms with E-state index < -0.39 is 15.9 Å². The zero-order chi connectivity index (χ0) is 25.7. The highest BCUT2D eigenvalue weighted by Gasteiger charge is 2.24. The minimum absolute atomic E-state index is 0.100. The summed E-state index contributed by atoms with van der Waals surface area (Å²) in [6.45, 7) is 3.62. The molecule has 0 N–H and O–H groups in total. The maximum absolute atomic E-state index is 13.1. The average Bonchev–Trinajstić information content (AvgIpc) is 3.26. The van der Waals surface area contributed by atoms with E-state index in [2.05, 4.69) is 29.3 Å². The van der Waals surface area contributed by atoms with Gasteiger partial charge in [-0.3, -0.25) is 4.79 Å². The largest absolute Gasteiger partial charge is 0.383 e. The molecule has 4 aromatic rings. The number of benzene rings is 3. The summed E-state index contributed by atoms with van der Waals surface area (Å²) in [7, 11) is -0.726. The summed E-state index contributed by atoms with van der Waals surface area (Å²) in [6.07, 6.45) is 0. The molecule has 3 aromatic carbocycles. The fourth-order valence-corrected chi connectivity index (χ4v) is 6.55. The number of hydrogen-bond acceptors (Lipinski definition) is 6. The number of carbonyl (C=O) groups is 1. The molecule has 1 aromatic heterocycles. The van der Waals surface area contributed by atoms with E-state index in [4.69, 9.17) is 9.47 Å². The molecule has 0 radical (unpaired) electrons. The van der Waals surface area contributed by atoms with Gasteiger partial charge < -0.3 is 14.0 Å². The van der Waals surface area contributed by atoms with Crippen molar-refractivity contribution < 1.29 is 22.7 Å². The summed E-state index contributed by atoms with van der Waals surface area (Å²) < 4.78 is 40.7. The Morgan fingerprint density at radius 3 is 2.28 bits per heavy atom. The Balaban J connectivity index is 1.66. The predicted molar refractivity (Wildman–Crippen MR) is 142 cm³/mol. The smallest absolute Gasteiger partial charge is 0.279 e. The molecular formula is C26H29N3O5S2. The Morgan fingerprint density at radius 2 is 1.64 bits per heavy atom. The van der Waals surface area contributed by atoms with Crippen molar-refractivity contribution in [1.82, 2.24) is 8.87 Å². The van der Waals surface area contributed by atoms with Gasteiger partial charge in [-0.25, -0.2) is 8.42 Å². The number of methoxy groups -OCH3 is 2. The monoisotopic (exact) mass is 527 g/mol. The van der Waals surface area contributed by atoms with Crippen LogP contribution in [0.5, 0.6) is 0 Å². The highest BCUT2D eigenvalue weighted by atomic mass is 32.2. The van der Waals surface area contributed by atoms with Gasteiger partial charge in [-0.15, -0.1) is 0 Å². The zero-order valence-electron chi connectivity index (χ0n) is 20.5. The lowest BCUT2D eigenvalue weighted by Gasteiger charge is -2.21. The van der Waals surface area contributed by atoms with Crippen LogP contribution >= 0.6 is 11.3 Å². The maximum Gasteiger partial charge on any atom is 0.279 e. The first-order valence-electron chi connectivity index (χ1n) is 11.6. The summed E-state index contributed by atoms with van der Waals surface area (Å²) >= 11 is 1.46. The van der Waals surface area contributed by atoms with Crippen LogP contribution in [0, 0.1) is 0 Å². The predicted octanol–water partition coefficient (Wildman–Crippen LogP) is 3.90. The normalized spacial score (nSPS) is 12.7. The lowest BCUT2D eigenvalue weighted by atomic mass is 10.1. The molecule has 0 atom stereocenters. The van der Waals surface area contributed by atoms with E-state index in [-0.39, 0.29) is 31.2 Å². The van der Waals surface area contributed by atoms with E-state index >= 15 is 0 Å². The minimum atomic E-state index is -3.77. The molecule has 0 fully saturated rings. The Hall–Kier alpha value is -2.89. The number of fused-ring (bicyclic) bond motifs is 3. The molecule has 0 saturated heterocycles. The number of sulfonamides is 1. The second kappa shape index (κ2) is 11.4. The molecule has 0 aliphatic carbocycles. The highest BCUT2D eigenvalue weighted by Crippen LogP contribution is 2.27. The van der Waals surface area contributed by atoms with Gasteiger partial charge in [-0.05, 0) is 42.6 Å². The van der Waals surface area contributed by atoms with E-state index in [1.165, 1.54) is 54.1 Å². The Morgan fingerprint density at radius 1 is 0.972 bits per heavy atom. The number of carbonyl (C=O) groups excluding carboxylic acids is 1. The summed E-state index contributed by atoms with van der Waals surface area (Å²) in [5, 5.41) is 2.24. The van der Waals surface area contributed by atoms with Crippen molar-refractivity contribution in [2.75, 3.05) is 40.5 Å². The number of aromatic nitrogens is 1. The van der Waals surface area contributed by atoms with E-state index in [0.717, 1.165) is 21.0 Å². The van der Waals surface area contributed by atoms with Crippen molar-refractivity contribution in [3.63, 3.8) is 0 Å². The molecule has 0 unspecified atom stereocenters. The lowest BCUT2D eigenvalue weighted by Crippen LogP contribution is -2.36. The Bertz CT molecular complexity index is 1530. The summed E-state index contributed by atoms with van der Waals surface area (Å²) in [5.41, 5.74) is 1.38. The average molecular weight is 528 g/mol. The molecule has 4 rings (SSSR count). The fourth-order valence-electron chi connectivity index (χ4n) is 4.03. The van der Waals surface area contributed by atoms with Gasteiger partial charge in [0.25, 0.3) is 5.91 Å². The van der Waals surface area contributed by atoms with Gasteiger partial charge in [0, 0.05) is 44.8 Å². The number of aryl methyl sites for hydroxylation is 1. The summed E-state index contributed by atoms with van der Waals surface area (Å²) in [6, 6.07) is 18.2. The van der Waals surface area contributed by atoms with E-state index in [9.17, 15) is 13.2 Å². The van der Waals surface area contributed by atoms with E-state index in [0.29, 0.717) is 16.9 Å². The van der Waals surface area contributed by atoms with Gasteiger partial charge in [-0.2, -0.15) is 9.30 Å². The molecule has 8 nitrogen and oxygen atoms in total. The molecule has 0 aliphatic heterocycles. The van der Waals surface area contributed by atoms with Crippen molar-refractivity contribution >= 4 is 48.3 Å². The number of amides is 1. The molecule has 0 spiro atoms. The first kappa shape index (κ1) is 26.2. The third-order valence-corrected chi connectivity index (χ3v) is 8.86. The molecule has 190 valence electrons. The molecule has 36 heavy (non-hydrogen) atoms. The highest BCUT2D eigenvalue weighted by molar-refractivity contribution is 7.89. The number of ether oxygens (including phenoxy) is 2.